The van der Waals surface area contributed by atoms with E-state index in [4.69, 9.17) is 5.73 Å². The molecule has 1 fully saturated rings. The molecule has 1 rings (SSSR count). The first kappa shape index (κ1) is 14.5. The lowest BCUT2D eigenvalue weighted by atomic mass is 10.0. The van der Waals surface area contributed by atoms with Gasteiger partial charge in [-0.3, -0.25) is 4.79 Å². The zero-order valence-electron chi connectivity index (χ0n) is 11.5. The van der Waals surface area contributed by atoms with E-state index >= 15 is 0 Å². The minimum atomic E-state index is 0.107. The Morgan fingerprint density at radius 1 is 1.59 bits per heavy atom. The Balaban J connectivity index is 2.35. The molecule has 17 heavy (non-hydrogen) atoms. The Bertz CT molecular complexity index is 245. The third-order valence-corrected chi connectivity index (χ3v) is 3.80. The third kappa shape index (κ3) is 4.28. The summed E-state index contributed by atoms with van der Waals surface area (Å²) in [7, 11) is 4.07. The summed E-state index contributed by atoms with van der Waals surface area (Å²) in [4.78, 5) is 16.4. The van der Waals surface area contributed by atoms with E-state index in [0.717, 1.165) is 25.9 Å². The summed E-state index contributed by atoms with van der Waals surface area (Å²) in [5.41, 5.74) is 5.47. The van der Waals surface area contributed by atoms with E-state index in [-0.39, 0.29) is 11.8 Å². The van der Waals surface area contributed by atoms with Crippen molar-refractivity contribution >= 4 is 5.91 Å². The van der Waals surface area contributed by atoms with Crippen molar-refractivity contribution in [2.24, 2.45) is 11.7 Å². The first-order chi connectivity index (χ1) is 8.06. The monoisotopic (exact) mass is 241 g/mol. The maximum Gasteiger partial charge on any atom is 0.225 e. The SMILES string of the molecule is CC(CCCN)C(=O)N(C)CC1CCCN1C. The van der Waals surface area contributed by atoms with Crippen LogP contribution in [0.4, 0.5) is 0 Å². The third-order valence-electron chi connectivity index (χ3n) is 3.80. The molecule has 0 aromatic heterocycles. The molecular weight excluding hydrogens is 214 g/mol. The van der Waals surface area contributed by atoms with Gasteiger partial charge in [-0.05, 0) is 45.8 Å². The number of carbonyl (C=O) groups excluding carboxylic acids is 1. The smallest absolute Gasteiger partial charge is 0.225 e. The highest BCUT2D eigenvalue weighted by atomic mass is 16.2. The second-order valence-corrected chi connectivity index (χ2v) is 5.33. The number of hydrogen-bond acceptors (Lipinski definition) is 3. The van der Waals surface area contributed by atoms with Crippen LogP contribution < -0.4 is 5.73 Å². The fraction of sp³-hybridized carbons (Fsp3) is 0.923. The molecule has 4 heteroatoms. The van der Waals surface area contributed by atoms with Gasteiger partial charge in [0.1, 0.15) is 0 Å². The van der Waals surface area contributed by atoms with Crippen molar-refractivity contribution in [1.29, 1.82) is 0 Å². The first-order valence-corrected chi connectivity index (χ1v) is 6.71. The van der Waals surface area contributed by atoms with Crippen LogP contribution in [0.5, 0.6) is 0 Å². The van der Waals surface area contributed by atoms with Crippen molar-refractivity contribution < 1.29 is 4.79 Å². The summed E-state index contributed by atoms with van der Waals surface area (Å²) < 4.78 is 0. The van der Waals surface area contributed by atoms with Gasteiger partial charge in [-0.2, -0.15) is 0 Å². The average molecular weight is 241 g/mol. The summed E-state index contributed by atoms with van der Waals surface area (Å²) in [5.74, 6) is 0.369. The number of nitrogens with two attached hydrogens (primary N) is 1. The summed E-state index contributed by atoms with van der Waals surface area (Å²) in [6.07, 6.45) is 4.31. The Morgan fingerprint density at radius 3 is 2.82 bits per heavy atom. The number of amides is 1. The molecule has 0 radical (unpaired) electrons. The van der Waals surface area contributed by atoms with Gasteiger partial charge in [-0.25, -0.2) is 0 Å². The molecular formula is C13H27N3O. The van der Waals surface area contributed by atoms with Crippen molar-refractivity contribution in [3.05, 3.63) is 0 Å². The molecule has 100 valence electrons. The molecule has 0 spiro atoms. The zero-order chi connectivity index (χ0) is 12.8. The van der Waals surface area contributed by atoms with Gasteiger partial charge in [0.05, 0.1) is 0 Å². The lowest BCUT2D eigenvalue weighted by molar-refractivity contribution is -0.134. The molecule has 0 aliphatic carbocycles. The molecule has 0 aromatic carbocycles. The average Bonchev–Trinajstić information content (AvgIpc) is 2.70. The molecule has 0 bridgehead atoms. The number of likely N-dealkylation sites (N-methyl/N-ethyl adjacent to an activating group) is 2. The van der Waals surface area contributed by atoms with Crippen molar-refractivity contribution in [2.75, 3.05) is 33.7 Å². The van der Waals surface area contributed by atoms with Crippen molar-refractivity contribution in [1.82, 2.24) is 9.80 Å². The first-order valence-electron chi connectivity index (χ1n) is 6.71. The topological polar surface area (TPSA) is 49.6 Å². The van der Waals surface area contributed by atoms with Gasteiger partial charge in [-0.1, -0.05) is 6.92 Å². The van der Waals surface area contributed by atoms with E-state index in [1.807, 2.05) is 18.9 Å². The zero-order valence-corrected chi connectivity index (χ0v) is 11.5. The van der Waals surface area contributed by atoms with E-state index in [1.54, 1.807) is 0 Å². The predicted octanol–water partition coefficient (Wildman–Crippen LogP) is 0.914. The number of nitrogens with zero attached hydrogens (tertiary/aromatic N) is 2. The second-order valence-electron chi connectivity index (χ2n) is 5.33. The molecule has 1 aliphatic rings. The molecule has 4 nitrogen and oxygen atoms in total. The van der Waals surface area contributed by atoms with Crippen molar-refractivity contribution in [2.45, 2.75) is 38.6 Å². The highest BCUT2D eigenvalue weighted by molar-refractivity contribution is 5.78. The molecule has 1 aliphatic heterocycles. The van der Waals surface area contributed by atoms with Crippen LogP contribution in [-0.2, 0) is 4.79 Å². The fourth-order valence-corrected chi connectivity index (χ4v) is 2.54. The van der Waals surface area contributed by atoms with Crippen molar-refractivity contribution in [3.63, 3.8) is 0 Å². The van der Waals surface area contributed by atoms with Crippen LogP contribution in [0.25, 0.3) is 0 Å². The Morgan fingerprint density at radius 2 is 2.29 bits per heavy atom. The van der Waals surface area contributed by atoms with E-state index in [2.05, 4.69) is 11.9 Å². The maximum absolute atomic E-state index is 12.1. The number of hydrogen-bond donors (Lipinski definition) is 1. The quantitative estimate of drug-likeness (QED) is 0.752. The normalized spacial score (nSPS) is 22.7. The van der Waals surface area contributed by atoms with Gasteiger partial charge in [0.2, 0.25) is 5.91 Å². The highest BCUT2D eigenvalue weighted by Crippen LogP contribution is 2.17. The maximum atomic E-state index is 12.1. The van der Waals surface area contributed by atoms with E-state index in [1.165, 1.54) is 12.8 Å². The number of rotatable bonds is 6. The second kappa shape index (κ2) is 6.97. The van der Waals surface area contributed by atoms with E-state index < -0.39 is 0 Å². The summed E-state index contributed by atoms with van der Waals surface area (Å²) in [6, 6.07) is 0.547. The van der Waals surface area contributed by atoms with Gasteiger partial charge >= 0.3 is 0 Å². The number of likely N-dealkylation sites (tertiary alicyclic amines) is 1. The summed E-state index contributed by atoms with van der Waals surface area (Å²) in [6.45, 7) is 4.71. The largest absolute Gasteiger partial charge is 0.344 e. The van der Waals surface area contributed by atoms with Crippen LogP contribution >= 0.6 is 0 Å². The Labute approximate surface area is 105 Å². The van der Waals surface area contributed by atoms with Crippen molar-refractivity contribution in [3.8, 4) is 0 Å². The van der Waals surface area contributed by atoms with Gasteiger partial charge in [0.15, 0.2) is 0 Å². The van der Waals surface area contributed by atoms with Crippen LogP contribution in [-0.4, -0.2) is 55.5 Å². The van der Waals surface area contributed by atoms with Crippen LogP contribution in [0.15, 0.2) is 0 Å². The minimum absolute atomic E-state index is 0.107. The molecule has 1 amide bonds. The van der Waals surface area contributed by atoms with Crippen LogP contribution in [0.3, 0.4) is 0 Å². The molecule has 1 heterocycles. The van der Waals surface area contributed by atoms with E-state index in [0.29, 0.717) is 12.6 Å². The highest BCUT2D eigenvalue weighted by Gasteiger charge is 2.25. The molecule has 2 N–H and O–H groups in total. The Hall–Kier alpha value is -0.610. The summed E-state index contributed by atoms with van der Waals surface area (Å²) >= 11 is 0. The minimum Gasteiger partial charge on any atom is -0.344 e. The van der Waals surface area contributed by atoms with Gasteiger partial charge in [0, 0.05) is 25.6 Å². The van der Waals surface area contributed by atoms with Crippen LogP contribution in [0.1, 0.15) is 32.6 Å². The predicted molar refractivity (Wildman–Crippen MR) is 70.7 cm³/mol. The standard InChI is InChI=1S/C13H27N3O/c1-11(6-4-8-14)13(17)16(3)10-12-7-5-9-15(12)2/h11-12H,4-10,14H2,1-3H3. The molecule has 2 unspecified atom stereocenters. The van der Waals surface area contributed by atoms with E-state index in [9.17, 15) is 4.79 Å². The summed E-state index contributed by atoms with van der Waals surface area (Å²) in [5, 5.41) is 0. The van der Waals surface area contributed by atoms with Crippen LogP contribution in [0, 0.1) is 5.92 Å². The Kier molecular flexibility index (Phi) is 5.92. The number of carbonyl (C=O) groups is 1. The van der Waals surface area contributed by atoms with Gasteiger partial charge in [0.25, 0.3) is 0 Å². The molecule has 0 saturated carbocycles. The lowest BCUT2D eigenvalue weighted by Gasteiger charge is -2.27. The lowest BCUT2D eigenvalue weighted by Crippen LogP contribution is -2.41. The molecule has 0 aromatic rings. The fourth-order valence-electron chi connectivity index (χ4n) is 2.54. The molecule has 2 atom stereocenters. The van der Waals surface area contributed by atoms with Gasteiger partial charge in [-0.15, -0.1) is 0 Å². The van der Waals surface area contributed by atoms with Gasteiger partial charge < -0.3 is 15.5 Å². The van der Waals surface area contributed by atoms with Crippen LogP contribution in [0.2, 0.25) is 0 Å². The molecule has 1 saturated heterocycles.